The molecule has 0 aliphatic carbocycles. The van der Waals surface area contributed by atoms with Crippen molar-refractivity contribution in [3.05, 3.63) is 24.0 Å². The number of carboxylic acid groups (broad SMARTS) is 1. The summed E-state index contributed by atoms with van der Waals surface area (Å²) in [4.78, 5) is 24.8. The lowest BCUT2D eigenvalue weighted by molar-refractivity contribution is -0.118. The van der Waals surface area contributed by atoms with Gasteiger partial charge in [-0.1, -0.05) is 0 Å². The van der Waals surface area contributed by atoms with Crippen LogP contribution in [0.5, 0.6) is 0 Å². The number of anilines is 1. The quantitative estimate of drug-likeness (QED) is 0.625. The van der Waals surface area contributed by atoms with E-state index in [1.807, 2.05) is 0 Å². The Labute approximate surface area is 92.7 Å². The molecule has 0 aliphatic heterocycles. The van der Waals surface area contributed by atoms with E-state index in [1.165, 1.54) is 19.2 Å². The van der Waals surface area contributed by atoms with E-state index in [9.17, 15) is 9.59 Å². The highest BCUT2D eigenvalue weighted by Crippen LogP contribution is 2.05. The minimum Gasteiger partial charge on any atom is -0.477 e. The van der Waals surface area contributed by atoms with Crippen LogP contribution in [0.1, 0.15) is 17.4 Å². The molecular weight excluding hydrogens is 210 g/mol. The zero-order valence-corrected chi connectivity index (χ0v) is 8.86. The molecule has 0 saturated carbocycles. The second-order valence-corrected chi connectivity index (χ2v) is 3.15. The number of carboxylic acids is 1. The van der Waals surface area contributed by atoms with Gasteiger partial charge in [0.05, 0.1) is 11.9 Å². The van der Waals surface area contributed by atoms with Crippen molar-refractivity contribution in [2.24, 2.45) is 0 Å². The Hall–Kier alpha value is -2.11. The second kappa shape index (κ2) is 5.69. The summed E-state index contributed by atoms with van der Waals surface area (Å²) in [5.74, 6) is -1.13. The Kier molecular flexibility index (Phi) is 4.26. The molecule has 0 radical (unpaired) electrons. The first kappa shape index (κ1) is 12.0. The van der Waals surface area contributed by atoms with Crippen LogP contribution in [0.15, 0.2) is 18.3 Å². The first-order chi connectivity index (χ1) is 7.59. The molecule has 0 atom stereocenters. The SMILES string of the molecule is CC(=O)NCCNc1ccc(C(=O)O)nc1. The smallest absolute Gasteiger partial charge is 0.354 e. The van der Waals surface area contributed by atoms with Crippen LogP contribution in [-0.4, -0.2) is 35.1 Å². The minimum atomic E-state index is -1.05. The highest BCUT2D eigenvalue weighted by Gasteiger charge is 2.02. The lowest BCUT2D eigenvalue weighted by Crippen LogP contribution is -2.26. The number of carbonyl (C=O) groups is 2. The van der Waals surface area contributed by atoms with Crippen LogP contribution in [0.25, 0.3) is 0 Å². The van der Waals surface area contributed by atoms with Crippen molar-refractivity contribution < 1.29 is 14.7 Å². The van der Waals surface area contributed by atoms with Gasteiger partial charge in [-0.15, -0.1) is 0 Å². The maximum atomic E-state index is 10.6. The van der Waals surface area contributed by atoms with Gasteiger partial charge in [0.25, 0.3) is 0 Å². The Balaban J connectivity index is 2.38. The summed E-state index contributed by atoms with van der Waals surface area (Å²) < 4.78 is 0. The number of hydrogen-bond donors (Lipinski definition) is 3. The molecule has 6 heteroatoms. The van der Waals surface area contributed by atoms with E-state index < -0.39 is 5.97 Å². The van der Waals surface area contributed by atoms with E-state index in [4.69, 9.17) is 5.11 Å². The standard InChI is InChI=1S/C10H13N3O3/c1-7(14)11-4-5-12-8-2-3-9(10(15)16)13-6-8/h2-3,6,12H,4-5H2,1H3,(H,11,14)(H,15,16). The third-order valence-corrected chi connectivity index (χ3v) is 1.81. The number of nitrogens with zero attached hydrogens (tertiary/aromatic N) is 1. The fourth-order valence-corrected chi connectivity index (χ4v) is 1.07. The topological polar surface area (TPSA) is 91.3 Å². The molecule has 0 aliphatic rings. The van der Waals surface area contributed by atoms with E-state index in [2.05, 4.69) is 15.6 Å². The molecule has 1 heterocycles. The van der Waals surface area contributed by atoms with Gasteiger partial charge in [-0.05, 0) is 12.1 Å². The molecule has 0 bridgehead atoms. The predicted molar refractivity (Wildman–Crippen MR) is 58.4 cm³/mol. The third kappa shape index (κ3) is 3.95. The number of aromatic nitrogens is 1. The first-order valence-corrected chi connectivity index (χ1v) is 4.77. The van der Waals surface area contributed by atoms with Crippen LogP contribution in [0.3, 0.4) is 0 Å². The van der Waals surface area contributed by atoms with Gasteiger partial charge in [-0.25, -0.2) is 9.78 Å². The Bertz CT molecular complexity index is 375. The normalized spacial score (nSPS) is 9.56. The van der Waals surface area contributed by atoms with Crippen molar-refractivity contribution in [2.45, 2.75) is 6.92 Å². The molecule has 1 rings (SSSR count). The number of amides is 1. The maximum Gasteiger partial charge on any atom is 0.354 e. The van der Waals surface area contributed by atoms with Gasteiger partial charge in [0.15, 0.2) is 0 Å². The number of hydrogen-bond acceptors (Lipinski definition) is 4. The average Bonchev–Trinajstić information content (AvgIpc) is 2.25. The highest BCUT2D eigenvalue weighted by molar-refractivity contribution is 5.85. The molecular formula is C10H13N3O3. The molecule has 86 valence electrons. The van der Waals surface area contributed by atoms with Crippen LogP contribution in [0, 0.1) is 0 Å². The zero-order chi connectivity index (χ0) is 12.0. The summed E-state index contributed by atoms with van der Waals surface area (Å²) in [7, 11) is 0. The van der Waals surface area contributed by atoms with Crippen molar-refractivity contribution in [1.29, 1.82) is 0 Å². The number of carbonyl (C=O) groups excluding carboxylic acids is 1. The molecule has 0 fully saturated rings. The molecule has 0 unspecified atom stereocenters. The van der Waals surface area contributed by atoms with Crippen LogP contribution in [0.2, 0.25) is 0 Å². The van der Waals surface area contributed by atoms with Crippen molar-refractivity contribution >= 4 is 17.6 Å². The van der Waals surface area contributed by atoms with E-state index in [0.717, 1.165) is 5.69 Å². The Morgan fingerprint density at radius 1 is 1.38 bits per heavy atom. The van der Waals surface area contributed by atoms with Crippen molar-refractivity contribution in [3.8, 4) is 0 Å². The summed E-state index contributed by atoms with van der Waals surface area (Å²) in [6, 6.07) is 3.05. The van der Waals surface area contributed by atoms with Gasteiger partial charge >= 0.3 is 5.97 Å². The molecule has 6 nitrogen and oxygen atoms in total. The molecule has 3 N–H and O–H groups in total. The predicted octanol–water partition coefficient (Wildman–Crippen LogP) is 0.328. The molecule has 1 amide bonds. The number of rotatable bonds is 5. The van der Waals surface area contributed by atoms with Gasteiger partial charge in [-0.2, -0.15) is 0 Å². The molecule has 1 aromatic heterocycles. The summed E-state index contributed by atoms with van der Waals surface area (Å²) >= 11 is 0. The third-order valence-electron chi connectivity index (χ3n) is 1.81. The van der Waals surface area contributed by atoms with E-state index in [0.29, 0.717) is 13.1 Å². The van der Waals surface area contributed by atoms with Crippen LogP contribution < -0.4 is 10.6 Å². The van der Waals surface area contributed by atoms with Gasteiger partial charge in [0.2, 0.25) is 5.91 Å². The monoisotopic (exact) mass is 223 g/mol. The van der Waals surface area contributed by atoms with E-state index >= 15 is 0 Å². The molecule has 0 saturated heterocycles. The highest BCUT2D eigenvalue weighted by atomic mass is 16.4. The first-order valence-electron chi connectivity index (χ1n) is 4.77. The van der Waals surface area contributed by atoms with Gasteiger partial charge in [0.1, 0.15) is 5.69 Å². The number of aromatic carboxylic acids is 1. The largest absolute Gasteiger partial charge is 0.477 e. The van der Waals surface area contributed by atoms with Crippen molar-refractivity contribution in [2.75, 3.05) is 18.4 Å². The van der Waals surface area contributed by atoms with Crippen molar-refractivity contribution in [1.82, 2.24) is 10.3 Å². The average molecular weight is 223 g/mol. The van der Waals surface area contributed by atoms with Crippen LogP contribution in [-0.2, 0) is 4.79 Å². The van der Waals surface area contributed by atoms with Gasteiger partial charge < -0.3 is 15.7 Å². The Morgan fingerprint density at radius 3 is 2.62 bits per heavy atom. The van der Waals surface area contributed by atoms with E-state index in [-0.39, 0.29) is 11.6 Å². The summed E-state index contributed by atoms with van der Waals surface area (Å²) in [5.41, 5.74) is 0.725. The van der Waals surface area contributed by atoms with Gasteiger partial charge in [0, 0.05) is 20.0 Å². The van der Waals surface area contributed by atoms with Gasteiger partial charge in [-0.3, -0.25) is 4.79 Å². The zero-order valence-electron chi connectivity index (χ0n) is 8.86. The molecule has 0 aromatic carbocycles. The lowest BCUT2D eigenvalue weighted by atomic mass is 10.3. The van der Waals surface area contributed by atoms with E-state index in [1.54, 1.807) is 6.07 Å². The fraction of sp³-hybridized carbons (Fsp3) is 0.300. The fourth-order valence-electron chi connectivity index (χ4n) is 1.07. The maximum absolute atomic E-state index is 10.6. The summed E-state index contributed by atoms with van der Waals surface area (Å²) in [6.45, 7) is 2.52. The summed E-state index contributed by atoms with van der Waals surface area (Å²) in [6.07, 6.45) is 1.44. The molecule has 0 spiro atoms. The second-order valence-electron chi connectivity index (χ2n) is 3.15. The molecule has 16 heavy (non-hydrogen) atoms. The lowest BCUT2D eigenvalue weighted by Gasteiger charge is -2.06. The minimum absolute atomic E-state index is 0.00686. The van der Waals surface area contributed by atoms with Crippen molar-refractivity contribution in [3.63, 3.8) is 0 Å². The van der Waals surface area contributed by atoms with Crippen LogP contribution in [0.4, 0.5) is 5.69 Å². The number of pyridine rings is 1. The number of nitrogens with one attached hydrogen (secondary N) is 2. The Morgan fingerprint density at radius 2 is 2.12 bits per heavy atom. The molecule has 1 aromatic rings. The van der Waals surface area contributed by atoms with Crippen LogP contribution >= 0.6 is 0 Å². The summed E-state index contributed by atoms with van der Waals surface area (Å²) in [5, 5.41) is 14.2.